The molecule has 2 heterocycles. The normalized spacial score (nSPS) is 16.0. The third-order valence-corrected chi connectivity index (χ3v) is 4.13. The van der Waals surface area contributed by atoms with Crippen LogP contribution >= 0.6 is 0 Å². The monoisotopic (exact) mass is 361 g/mol. The van der Waals surface area contributed by atoms with Crippen molar-refractivity contribution >= 4 is 17.6 Å². The molecule has 1 aromatic carbocycles. The molecule has 0 radical (unpaired) electrons. The molecule has 3 rings (SSSR count). The van der Waals surface area contributed by atoms with Gasteiger partial charge >= 0.3 is 6.09 Å². The lowest BCUT2D eigenvalue weighted by atomic mass is 10.0. The van der Waals surface area contributed by atoms with E-state index in [9.17, 15) is 14.3 Å². The highest BCUT2D eigenvalue weighted by atomic mass is 19.1. The highest BCUT2D eigenvalue weighted by Crippen LogP contribution is 2.36. The molecular formula is C18H20FN3O4. The Morgan fingerprint density at radius 2 is 2.15 bits per heavy atom. The van der Waals surface area contributed by atoms with Crippen molar-refractivity contribution in [1.29, 1.82) is 0 Å². The van der Waals surface area contributed by atoms with Gasteiger partial charge in [0.25, 0.3) is 0 Å². The predicted molar refractivity (Wildman–Crippen MR) is 94.5 cm³/mol. The zero-order chi connectivity index (χ0) is 18.7. The van der Waals surface area contributed by atoms with Crippen LogP contribution in [0, 0.1) is 5.82 Å². The Balaban J connectivity index is 2.02. The number of anilines is 2. The van der Waals surface area contributed by atoms with Gasteiger partial charge in [-0.15, -0.1) is 0 Å². The molecule has 0 bridgehead atoms. The van der Waals surface area contributed by atoms with E-state index in [1.807, 2.05) is 0 Å². The van der Waals surface area contributed by atoms with Crippen LogP contribution in [0.25, 0.3) is 0 Å². The Hall–Kier alpha value is -2.87. The third kappa shape index (κ3) is 3.70. The van der Waals surface area contributed by atoms with Crippen LogP contribution in [-0.2, 0) is 6.42 Å². The molecule has 0 saturated heterocycles. The standard InChI is InChI=1S/C18H20FN3O4/c1-11-10-26-17-15(22(11)18(24)25)9-13(16(21-17)20-6-7-23)8-12-2-4-14(19)5-3-12/h2-5,9,11,23H,6-8,10H2,1H3,(H,20,21)(H,24,25). The van der Waals surface area contributed by atoms with E-state index in [1.54, 1.807) is 25.1 Å². The fraction of sp³-hybridized carbons (Fsp3) is 0.333. The van der Waals surface area contributed by atoms with E-state index in [4.69, 9.17) is 9.84 Å². The summed E-state index contributed by atoms with van der Waals surface area (Å²) in [6.45, 7) is 2.19. The number of aliphatic hydroxyl groups excluding tert-OH is 1. The number of hydrogen-bond donors (Lipinski definition) is 3. The minimum absolute atomic E-state index is 0.0755. The van der Waals surface area contributed by atoms with Gasteiger partial charge in [-0.2, -0.15) is 4.98 Å². The smallest absolute Gasteiger partial charge is 0.412 e. The first-order chi connectivity index (χ1) is 12.5. The van der Waals surface area contributed by atoms with Crippen LogP contribution in [0.5, 0.6) is 5.88 Å². The highest BCUT2D eigenvalue weighted by Gasteiger charge is 2.31. The molecular weight excluding hydrogens is 341 g/mol. The minimum atomic E-state index is -1.08. The number of pyridine rings is 1. The van der Waals surface area contributed by atoms with Gasteiger partial charge in [0.15, 0.2) is 0 Å². The Labute approximate surface area is 150 Å². The summed E-state index contributed by atoms with van der Waals surface area (Å²) in [4.78, 5) is 17.3. The van der Waals surface area contributed by atoms with Gasteiger partial charge in [-0.25, -0.2) is 9.18 Å². The number of carboxylic acid groups (broad SMARTS) is 1. The Bertz CT molecular complexity index is 798. The molecule has 8 heteroatoms. The van der Waals surface area contributed by atoms with Gasteiger partial charge in [0.2, 0.25) is 5.88 Å². The number of aromatic nitrogens is 1. The van der Waals surface area contributed by atoms with Gasteiger partial charge in [0.05, 0.1) is 12.6 Å². The SMILES string of the molecule is CC1COc2nc(NCCO)c(Cc3ccc(F)cc3)cc2N1C(=O)O. The van der Waals surface area contributed by atoms with Crippen molar-refractivity contribution in [3.63, 3.8) is 0 Å². The van der Waals surface area contributed by atoms with Crippen molar-refractivity contribution in [2.75, 3.05) is 30.0 Å². The summed E-state index contributed by atoms with van der Waals surface area (Å²) in [6, 6.07) is 7.46. The topological polar surface area (TPSA) is 94.9 Å². The molecule has 1 amide bonds. The number of nitrogens with zero attached hydrogens (tertiary/aromatic N) is 2. The number of rotatable bonds is 5. The van der Waals surface area contributed by atoms with Crippen molar-refractivity contribution in [2.24, 2.45) is 0 Å². The molecule has 2 aromatic rings. The van der Waals surface area contributed by atoms with Crippen molar-refractivity contribution in [2.45, 2.75) is 19.4 Å². The molecule has 26 heavy (non-hydrogen) atoms. The number of nitrogens with one attached hydrogen (secondary N) is 1. The minimum Gasteiger partial charge on any atom is -0.474 e. The first-order valence-corrected chi connectivity index (χ1v) is 8.27. The van der Waals surface area contributed by atoms with Crippen molar-refractivity contribution in [1.82, 2.24) is 4.98 Å². The second-order valence-electron chi connectivity index (χ2n) is 6.09. The second-order valence-corrected chi connectivity index (χ2v) is 6.09. The lowest BCUT2D eigenvalue weighted by Crippen LogP contribution is -2.44. The molecule has 0 saturated carbocycles. The van der Waals surface area contributed by atoms with Crippen LogP contribution in [0.1, 0.15) is 18.1 Å². The third-order valence-electron chi connectivity index (χ3n) is 4.13. The van der Waals surface area contributed by atoms with Gasteiger partial charge in [0.1, 0.15) is 23.9 Å². The van der Waals surface area contributed by atoms with E-state index >= 15 is 0 Å². The van der Waals surface area contributed by atoms with Crippen molar-refractivity contribution < 1.29 is 24.1 Å². The molecule has 1 unspecified atom stereocenters. The van der Waals surface area contributed by atoms with Gasteiger partial charge < -0.3 is 20.3 Å². The maximum absolute atomic E-state index is 13.1. The molecule has 0 fully saturated rings. The molecule has 7 nitrogen and oxygen atoms in total. The Kier molecular flexibility index (Phi) is 5.22. The highest BCUT2D eigenvalue weighted by molar-refractivity contribution is 5.89. The average molecular weight is 361 g/mol. The zero-order valence-corrected chi connectivity index (χ0v) is 14.3. The second kappa shape index (κ2) is 7.57. The lowest BCUT2D eigenvalue weighted by molar-refractivity contribution is 0.188. The van der Waals surface area contributed by atoms with Crippen molar-refractivity contribution in [3.8, 4) is 5.88 Å². The number of fused-ring (bicyclic) bond motifs is 1. The van der Waals surface area contributed by atoms with E-state index < -0.39 is 6.09 Å². The van der Waals surface area contributed by atoms with Crippen molar-refractivity contribution in [3.05, 3.63) is 47.3 Å². The van der Waals surface area contributed by atoms with Gasteiger partial charge in [-0.05, 0) is 30.7 Å². The van der Waals surface area contributed by atoms with Crippen LogP contribution in [0.4, 0.5) is 20.7 Å². The molecule has 1 aromatic heterocycles. The Morgan fingerprint density at radius 3 is 2.81 bits per heavy atom. The molecule has 1 atom stereocenters. The average Bonchev–Trinajstić information content (AvgIpc) is 2.61. The van der Waals surface area contributed by atoms with Crippen LogP contribution in [0.2, 0.25) is 0 Å². The van der Waals surface area contributed by atoms with E-state index in [0.717, 1.165) is 11.1 Å². The number of ether oxygens (including phenoxy) is 1. The Morgan fingerprint density at radius 1 is 1.42 bits per heavy atom. The lowest BCUT2D eigenvalue weighted by Gasteiger charge is -2.33. The summed E-state index contributed by atoms with van der Waals surface area (Å²) >= 11 is 0. The summed E-state index contributed by atoms with van der Waals surface area (Å²) < 4.78 is 18.7. The maximum Gasteiger partial charge on any atom is 0.412 e. The molecule has 0 spiro atoms. The fourth-order valence-corrected chi connectivity index (χ4v) is 2.89. The van der Waals surface area contributed by atoms with Gasteiger partial charge in [0, 0.05) is 18.5 Å². The van der Waals surface area contributed by atoms with Crippen LogP contribution in [0.3, 0.4) is 0 Å². The molecule has 0 aliphatic carbocycles. The first-order valence-electron chi connectivity index (χ1n) is 8.27. The molecule has 3 N–H and O–H groups in total. The van der Waals surface area contributed by atoms with Crippen LogP contribution < -0.4 is 15.0 Å². The van der Waals surface area contributed by atoms with Gasteiger partial charge in [-0.3, -0.25) is 4.90 Å². The van der Waals surface area contributed by atoms with E-state index in [-0.39, 0.29) is 31.0 Å². The largest absolute Gasteiger partial charge is 0.474 e. The van der Waals surface area contributed by atoms with Gasteiger partial charge in [-0.1, -0.05) is 12.1 Å². The summed E-state index contributed by atoms with van der Waals surface area (Å²) in [5, 5.41) is 21.6. The van der Waals surface area contributed by atoms with Crippen LogP contribution in [0.15, 0.2) is 30.3 Å². The summed E-state index contributed by atoms with van der Waals surface area (Å²) in [6.07, 6.45) is -0.650. The summed E-state index contributed by atoms with van der Waals surface area (Å²) in [5.41, 5.74) is 1.96. The number of halogens is 1. The fourth-order valence-electron chi connectivity index (χ4n) is 2.89. The number of amides is 1. The predicted octanol–water partition coefficient (Wildman–Crippen LogP) is 2.48. The number of carbonyl (C=O) groups is 1. The first kappa shape index (κ1) is 17.9. The van der Waals surface area contributed by atoms with E-state index in [2.05, 4.69) is 10.3 Å². The number of benzene rings is 1. The maximum atomic E-state index is 13.1. The quantitative estimate of drug-likeness (QED) is 0.757. The van der Waals surface area contributed by atoms with E-state index in [0.29, 0.717) is 24.5 Å². The summed E-state index contributed by atoms with van der Waals surface area (Å²) in [5.74, 6) is 0.408. The number of aliphatic hydroxyl groups is 1. The molecule has 138 valence electrons. The van der Waals surface area contributed by atoms with Crippen LogP contribution in [-0.4, -0.2) is 47.1 Å². The summed E-state index contributed by atoms with van der Waals surface area (Å²) in [7, 11) is 0. The molecule has 1 aliphatic rings. The number of hydrogen-bond acceptors (Lipinski definition) is 5. The van der Waals surface area contributed by atoms with E-state index in [1.165, 1.54) is 17.0 Å². The molecule has 1 aliphatic heterocycles. The zero-order valence-electron chi connectivity index (χ0n) is 14.3.